The Morgan fingerprint density at radius 1 is 1.08 bits per heavy atom. The summed E-state index contributed by atoms with van der Waals surface area (Å²) in [6, 6.07) is 9.05. The van der Waals surface area contributed by atoms with Crippen molar-refractivity contribution in [1.29, 1.82) is 0 Å². The first kappa shape index (κ1) is 17.8. The highest BCUT2D eigenvalue weighted by Crippen LogP contribution is 2.23. The van der Waals surface area contributed by atoms with Crippen molar-refractivity contribution in [3.63, 3.8) is 0 Å². The zero-order chi connectivity index (χ0) is 18.7. The quantitative estimate of drug-likeness (QED) is 0.873. The molecule has 3 rings (SSSR count). The van der Waals surface area contributed by atoms with Gasteiger partial charge in [-0.05, 0) is 43.5 Å². The van der Waals surface area contributed by atoms with Crippen LogP contribution < -0.4 is 10.6 Å². The van der Waals surface area contributed by atoms with Crippen LogP contribution in [0.15, 0.2) is 42.5 Å². The number of para-hydroxylation sites is 1. The van der Waals surface area contributed by atoms with Crippen molar-refractivity contribution >= 4 is 23.3 Å². The van der Waals surface area contributed by atoms with E-state index in [4.69, 9.17) is 0 Å². The van der Waals surface area contributed by atoms with Gasteiger partial charge in [-0.25, -0.2) is 13.6 Å². The highest BCUT2D eigenvalue weighted by atomic mass is 19.1. The van der Waals surface area contributed by atoms with Crippen LogP contribution in [0.5, 0.6) is 0 Å². The Labute approximate surface area is 150 Å². The second-order valence-electron chi connectivity index (χ2n) is 6.21. The molecular weight excluding hydrogens is 340 g/mol. The summed E-state index contributed by atoms with van der Waals surface area (Å²) in [7, 11) is 0. The van der Waals surface area contributed by atoms with Gasteiger partial charge in [0.15, 0.2) is 0 Å². The van der Waals surface area contributed by atoms with Gasteiger partial charge in [0, 0.05) is 18.3 Å². The zero-order valence-corrected chi connectivity index (χ0v) is 14.3. The summed E-state index contributed by atoms with van der Waals surface area (Å²) in [4.78, 5) is 26.4. The van der Waals surface area contributed by atoms with E-state index in [1.54, 1.807) is 6.07 Å². The molecule has 26 heavy (non-hydrogen) atoms. The van der Waals surface area contributed by atoms with Gasteiger partial charge in [-0.2, -0.15) is 0 Å². The molecular formula is C19H19F2N3O2. The molecule has 1 unspecified atom stereocenters. The average Bonchev–Trinajstić information content (AvgIpc) is 3.09. The van der Waals surface area contributed by atoms with Crippen molar-refractivity contribution in [1.82, 2.24) is 4.90 Å². The first-order valence-electron chi connectivity index (χ1n) is 8.35. The lowest BCUT2D eigenvalue weighted by Gasteiger charge is -2.24. The minimum absolute atomic E-state index is 0.124. The zero-order valence-electron chi connectivity index (χ0n) is 14.3. The second kappa shape index (κ2) is 7.51. The number of anilines is 2. The molecule has 1 atom stereocenters. The minimum atomic E-state index is -0.863. The van der Waals surface area contributed by atoms with Crippen LogP contribution in [0, 0.1) is 18.6 Å². The maximum absolute atomic E-state index is 13.7. The maximum Gasteiger partial charge on any atom is 0.322 e. The first-order chi connectivity index (χ1) is 12.5. The number of carbonyl (C=O) groups excluding carboxylic acids is 2. The maximum atomic E-state index is 13.7. The smallest absolute Gasteiger partial charge is 0.322 e. The third-order valence-electron chi connectivity index (χ3n) is 4.39. The molecule has 0 bridgehead atoms. The summed E-state index contributed by atoms with van der Waals surface area (Å²) in [6.07, 6.45) is 1.20. The van der Waals surface area contributed by atoms with Crippen LogP contribution in [0.4, 0.5) is 25.0 Å². The Bertz CT molecular complexity index is 841. The van der Waals surface area contributed by atoms with Crippen molar-refractivity contribution < 1.29 is 18.4 Å². The number of amides is 3. The molecule has 136 valence electrons. The van der Waals surface area contributed by atoms with Gasteiger partial charge in [0.2, 0.25) is 5.91 Å². The molecule has 3 amide bonds. The first-order valence-corrected chi connectivity index (χ1v) is 8.35. The van der Waals surface area contributed by atoms with Gasteiger partial charge in [-0.1, -0.05) is 18.2 Å². The molecule has 7 heteroatoms. The third-order valence-corrected chi connectivity index (χ3v) is 4.39. The molecule has 1 fully saturated rings. The SMILES string of the molecule is Cc1ccccc1NC(=O)C1CCCN1C(=O)Nc1ccc(F)cc1F. The molecule has 0 aromatic heterocycles. The van der Waals surface area contributed by atoms with Crippen LogP contribution in [0.3, 0.4) is 0 Å². The number of urea groups is 1. The molecule has 0 aliphatic carbocycles. The van der Waals surface area contributed by atoms with Crippen LogP contribution >= 0.6 is 0 Å². The van der Waals surface area contributed by atoms with Gasteiger partial charge in [0.05, 0.1) is 5.69 Å². The second-order valence-corrected chi connectivity index (χ2v) is 6.21. The molecule has 0 saturated carbocycles. The predicted octanol–water partition coefficient (Wildman–Crippen LogP) is 3.91. The molecule has 2 aromatic carbocycles. The van der Waals surface area contributed by atoms with E-state index in [1.165, 1.54) is 4.90 Å². The summed E-state index contributed by atoms with van der Waals surface area (Å²) >= 11 is 0. The number of hydrogen-bond acceptors (Lipinski definition) is 2. The van der Waals surface area contributed by atoms with Crippen LogP contribution in [0.25, 0.3) is 0 Å². The van der Waals surface area contributed by atoms with Crippen LogP contribution in [-0.2, 0) is 4.79 Å². The van der Waals surface area contributed by atoms with E-state index < -0.39 is 23.7 Å². The number of hydrogen-bond donors (Lipinski definition) is 2. The van der Waals surface area contributed by atoms with Crippen LogP contribution in [-0.4, -0.2) is 29.4 Å². The minimum Gasteiger partial charge on any atom is -0.324 e. The highest BCUT2D eigenvalue weighted by Gasteiger charge is 2.34. The Hall–Kier alpha value is -2.96. The third kappa shape index (κ3) is 3.82. The number of likely N-dealkylation sites (tertiary alicyclic amines) is 1. The van der Waals surface area contributed by atoms with Gasteiger partial charge in [-0.15, -0.1) is 0 Å². The fourth-order valence-corrected chi connectivity index (χ4v) is 2.99. The van der Waals surface area contributed by atoms with E-state index in [9.17, 15) is 18.4 Å². The molecule has 0 radical (unpaired) electrons. The molecule has 1 saturated heterocycles. The van der Waals surface area contributed by atoms with Crippen LogP contribution in [0.1, 0.15) is 18.4 Å². The lowest BCUT2D eigenvalue weighted by Crippen LogP contribution is -2.45. The number of halogens is 2. The van der Waals surface area contributed by atoms with E-state index in [0.717, 1.165) is 17.7 Å². The van der Waals surface area contributed by atoms with Gasteiger partial charge in [0.25, 0.3) is 0 Å². The Kier molecular flexibility index (Phi) is 5.16. The van der Waals surface area contributed by atoms with Crippen molar-refractivity contribution in [3.8, 4) is 0 Å². The number of benzene rings is 2. The lowest BCUT2D eigenvalue weighted by molar-refractivity contribution is -0.119. The van der Waals surface area contributed by atoms with E-state index in [-0.39, 0.29) is 11.6 Å². The molecule has 5 nitrogen and oxygen atoms in total. The fourth-order valence-electron chi connectivity index (χ4n) is 2.99. The van der Waals surface area contributed by atoms with Crippen molar-refractivity contribution in [2.45, 2.75) is 25.8 Å². The van der Waals surface area contributed by atoms with E-state index in [1.807, 2.05) is 25.1 Å². The standard InChI is InChI=1S/C19H19F2N3O2/c1-12-5-2-3-6-15(12)22-18(25)17-7-4-10-24(17)19(26)23-16-9-8-13(20)11-14(16)21/h2-3,5-6,8-9,11,17H,4,7,10H2,1H3,(H,22,25)(H,23,26). The van der Waals surface area contributed by atoms with Gasteiger partial charge in [0.1, 0.15) is 17.7 Å². The normalized spacial score (nSPS) is 16.4. The summed E-state index contributed by atoms with van der Waals surface area (Å²) in [5, 5.41) is 5.24. The average molecular weight is 359 g/mol. The molecule has 0 spiro atoms. The van der Waals surface area contributed by atoms with E-state index >= 15 is 0 Å². The summed E-state index contributed by atoms with van der Waals surface area (Å²) in [5.41, 5.74) is 1.49. The predicted molar refractivity (Wildman–Crippen MR) is 94.9 cm³/mol. The largest absolute Gasteiger partial charge is 0.324 e. The van der Waals surface area contributed by atoms with Crippen LogP contribution in [0.2, 0.25) is 0 Å². The Balaban J connectivity index is 1.70. The highest BCUT2D eigenvalue weighted by molar-refractivity contribution is 6.00. The van der Waals surface area contributed by atoms with E-state index in [0.29, 0.717) is 31.1 Å². The molecule has 2 aromatic rings. The van der Waals surface area contributed by atoms with Gasteiger partial charge >= 0.3 is 6.03 Å². The summed E-state index contributed by atoms with van der Waals surface area (Å²) in [5.74, 6) is -1.87. The topological polar surface area (TPSA) is 61.4 Å². The fraction of sp³-hybridized carbons (Fsp3) is 0.263. The molecule has 1 heterocycles. The molecule has 1 aliphatic rings. The van der Waals surface area contributed by atoms with Crippen molar-refractivity contribution in [2.24, 2.45) is 0 Å². The number of aryl methyl sites for hydroxylation is 1. The van der Waals surface area contributed by atoms with E-state index in [2.05, 4.69) is 10.6 Å². The van der Waals surface area contributed by atoms with Gasteiger partial charge in [-0.3, -0.25) is 4.79 Å². The molecule has 1 aliphatic heterocycles. The van der Waals surface area contributed by atoms with Gasteiger partial charge < -0.3 is 15.5 Å². The number of rotatable bonds is 3. The Morgan fingerprint density at radius 2 is 1.85 bits per heavy atom. The monoisotopic (exact) mass is 359 g/mol. The number of nitrogens with one attached hydrogen (secondary N) is 2. The lowest BCUT2D eigenvalue weighted by atomic mass is 10.1. The molecule has 2 N–H and O–H groups in total. The summed E-state index contributed by atoms with van der Waals surface area (Å²) in [6.45, 7) is 2.27. The van der Waals surface area contributed by atoms with Crippen molar-refractivity contribution in [2.75, 3.05) is 17.2 Å². The number of carbonyl (C=O) groups is 2. The Morgan fingerprint density at radius 3 is 2.58 bits per heavy atom. The van der Waals surface area contributed by atoms with Crippen molar-refractivity contribution in [3.05, 3.63) is 59.7 Å². The number of nitrogens with zero attached hydrogens (tertiary/aromatic N) is 1. The summed E-state index contributed by atoms with van der Waals surface area (Å²) < 4.78 is 26.7.